The number of halogens is 1. The van der Waals surface area contributed by atoms with Gasteiger partial charge in [0, 0.05) is 53.9 Å². The van der Waals surface area contributed by atoms with Gasteiger partial charge in [0.15, 0.2) is 5.82 Å². The van der Waals surface area contributed by atoms with Crippen LogP contribution < -0.4 is 0 Å². The van der Waals surface area contributed by atoms with E-state index in [9.17, 15) is 4.79 Å². The molecule has 3 heterocycles. The Hall–Kier alpha value is -2.79. The molecule has 1 aromatic carbocycles. The van der Waals surface area contributed by atoms with Crippen LogP contribution in [-0.4, -0.2) is 38.8 Å². The van der Waals surface area contributed by atoms with Gasteiger partial charge >= 0.3 is 0 Å². The van der Waals surface area contributed by atoms with Crippen molar-refractivity contribution in [1.82, 2.24) is 19.9 Å². The lowest BCUT2D eigenvalue weighted by molar-refractivity contribution is -0.131. The molecule has 2 aromatic heterocycles. The van der Waals surface area contributed by atoms with Crippen LogP contribution in [0.1, 0.15) is 30.0 Å². The topological polar surface area (TPSA) is 59.0 Å². The predicted molar refractivity (Wildman–Crippen MR) is 109 cm³/mol. The summed E-state index contributed by atoms with van der Waals surface area (Å²) in [6, 6.07) is 13.2. The second-order valence-corrected chi connectivity index (χ2v) is 7.46. The molecule has 1 saturated heterocycles. The van der Waals surface area contributed by atoms with E-state index in [1.165, 1.54) is 0 Å². The van der Waals surface area contributed by atoms with Gasteiger partial charge in [-0.3, -0.25) is 9.78 Å². The Labute approximate surface area is 169 Å². The third kappa shape index (κ3) is 4.37. The summed E-state index contributed by atoms with van der Waals surface area (Å²) in [5.41, 5.74) is 2.92. The van der Waals surface area contributed by atoms with Crippen molar-refractivity contribution in [2.75, 3.05) is 13.1 Å². The molecule has 1 atom stereocenters. The first-order valence-electron chi connectivity index (χ1n) is 9.44. The van der Waals surface area contributed by atoms with Gasteiger partial charge in [-0.2, -0.15) is 0 Å². The van der Waals surface area contributed by atoms with Gasteiger partial charge in [-0.05, 0) is 48.7 Å². The number of pyridine rings is 1. The first-order chi connectivity index (χ1) is 13.7. The number of carbonyl (C=O) groups is 1. The zero-order valence-corrected chi connectivity index (χ0v) is 16.2. The van der Waals surface area contributed by atoms with Gasteiger partial charge in [0.2, 0.25) is 5.91 Å². The quantitative estimate of drug-likeness (QED) is 0.669. The Bertz CT molecular complexity index is 946. The summed E-state index contributed by atoms with van der Waals surface area (Å²) in [7, 11) is 0. The zero-order chi connectivity index (χ0) is 19.3. The SMILES string of the molecule is O=C(Cc1ccc(Cl)cc1)N1CCC[C@H](c2ccnc(-c3ccncc3)n2)C1. The predicted octanol–water partition coefficient (Wildman–Crippen LogP) is 4.14. The van der Waals surface area contributed by atoms with Crippen LogP contribution in [0.25, 0.3) is 11.4 Å². The molecule has 0 radical (unpaired) electrons. The van der Waals surface area contributed by atoms with E-state index in [1.54, 1.807) is 18.6 Å². The highest BCUT2D eigenvalue weighted by Crippen LogP contribution is 2.27. The van der Waals surface area contributed by atoms with Gasteiger partial charge in [-0.15, -0.1) is 0 Å². The van der Waals surface area contributed by atoms with Crippen LogP contribution in [0.2, 0.25) is 5.02 Å². The standard InChI is InChI=1S/C22H21ClN4O/c23-19-5-3-16(4-6-19)14-21(28)27-13-1-2-18(15-27)20-9-12-25-22(26-20)17-7-10-24-11-8-17/h3-12,18H,1-2,13-15H2/t18-/m0/s1. The number of benzene rings is 1. The van der Waals surface area contributed by atoms with Crippen molar-refractivity contribution in [2.24, 2.45) is 0 Å². The summed E-state index contributed by atoms with van der Waals surface area (Å²) in [5, 5.41) is 0.683. The molecule has 4 rings (SSSR count). The first kappa shape index (κ1) is 18.6. The van der Waals surface area contributed by atoms with Gasteiger partial charge in [0.25, 0.3) is 0 Å². The molecular formula is C22H21ClN4O. The molecule has 0 saturated carbocycles. The number of hydrogen-bond donors (Lipinski definition) is 0. The normalized spacial score (nSPS) is 16.8. The largest absolute Gasteiger partial charge is 0.342 e. The van der Waals surface area contributed by atoms with Crippen molar-refractivity contribution in [1.29, 1.82) is 0 Å². The minimum Gasteiger partial charge on any atom is -0.342 e. The van der Waals surface area contributed by atoms with Gasteiger partial charge < -0.3 is 4.90 Å². The van der Waals surface area contributed by atoms with E-state index >= 15 is 0 Å². The Morgan fingerprint density at radius 1 is 1.07 bits per heavy atom. The molecular weight excluding hydrogens is 372 g/mol. The Balaban J connectivity index is 1.46. The smallest absolute Gasteiger partial charge is 0.227 e. The molecule has 1 amide bonds. The minimum absolute atomic E-state index is 0.149. The van der Waals surface area contributed by atoms with Crippen LogP contribution in [0, 0.1) is 0 Å². The van der Waals surface area contributed by atoms with Crippen molar-refractivity contribution >= 4 is 17.5 Å². The molecule has 1 fully saturated rings. The van der Waals surface area contributed by atoms with E-state index < -0.39 is 0 Å². The monoisotopic (exact) mass is 392 g/mol. The molecule has 0 spiro atoms. The third-order valence-electron chi connectivity index (χ3n) is 5.08. The number of rotatable bonds is 4. The van der Waals surface area contributed by atoms with E-state index in [2.05, 4.69) is 9.97 Å². The number of piperidine rings is 1. The molecule has 6 heteroatoms. The lowest BCUT2D eigenvalue weighted by Crippen LogP contribution is -2.40. The highest BCUT2D eigenvalue weighted by atomic mass is 35.5. The number of amides is 1. The average molecular weight is 393 g/mol. The molecule has 1 aliphatic heterocycles. The van der Waals surface area contributed by atoms with Crippen molar-refractivity contribution in [3.05, 3.63) is 77.3 Å². The molecule has 142 valence electrons. The van der Waals surface area contributed by atoms with E-state index in [0.717, 1.165) is 36.2 Å². The van der Waals surface area contributed by atoms with Gasteiger partial charge in [0.05, 0.1) is 6.42 Å². The fourth-order valence-electron chi connectivity index (χ4n) is 3.57. The second-order valence-electron chi connectivity index (χ2n) is 7.02. The Morgan fingerprint density at radius 3 is 2.64 bits per heavy atom. The molecule has 5 nitrogen and oxygen atoms in total. The second kappa shape index (κ2) is 8.48. The minimum atomic E-state index is 0.149. The van der Waals surface area contributed by atoms with Gasteiger partial charge in [0.1, 0.15) is 0 Å². The first-order valence-corrected chi connectivity index (χ1v) is 9.82. The van der Waals surface area contributed by atoms with E-state index in [1.807, 2.05) is 47.4 Å². The van der Waals surface area contributed by atoms with Gasteiger partial charge in [-0.25, -0.2) is 9.97 Å². The maximum atomic E-state index is 12.8. The van der Waals surface area contributed by atoms with Crippen molar-refractivity contribution < 1.29 is 4.79 Å². The average Bonchev–Trinajstić information content (AvgIpc) is 2.76. The molecule has 1 aliphatic rings. The fraction of sp³-hybridized carbons (Fsp3) is 0.273. The molecule has 0 unspecified atom stereocenters. The van der Waals surface area contributed by atoms with Gasteiger partial charge in [-0.1, -0.05) is 23.7 Å². The Kier molecular flexibility index (Phi) is 5.63. The summed E-state index contributed by atoms with van der Waals surface area (Å²) in [5.74, 6) is 1.08. The lowest BCUT2D eigenvalue weighted by atomic mass is 9.94. The Morgan fingerprint density at radius 2 is 1.86 bits per heavy atom. The molecule has 28 heavy (non-hydrogen) atoms. The van der Waals surface area contributed by atoms with Crippen molar-refractivity contribution in [2.45, 2.75) is 25.2 Å². The molecule has 0 aliphatic carbocycles. The van der Waals surface area contributed by atoms with Crippen molar-refractivity contribution in [3.8, 4) is 11.4 Å². The summed E-state index contributed by atoms with van der Waals surface area (Å²) in [4.78, 5) is 27.9. The number of likely N-dealkylation sites (tertiary alicyclic amines) is 1. The van der Waals surface area contributed by atoms with Crippen LogP contribution in [0.3, 0.4) is 0 Å². The van der Waals surface area contributed by atoms with Crippen LogP contribution >= 0.6 is 11.6 Å². The third-order valence-corrected chi connectivity index (χ3v) is 5.33. The van der Waals surface area contributed by atoms with E-state index in [-0.39, 0.29) is 11.8 Å². The van der Waals surface area contributed by atoms with Crippen LogP contribution in [-0.2, 0) is 11.2 Å². The van der Waals surface area contributed by atoms with E-state index in [4.69, 9.17) is 16.6 Å². The maximum Gasteiger partial charge on any atom is 0.227 e. The number of nitrogens with zero attached hydrogens (tertiary/aromatic N) is 4. The summed E-state index contributed by atoms with van der Waals surface area (Å²) in [6.45, 7) is 1.49. The maximum absolute atomic E-state index is 12.8. The highest BCUT2D eigenvalue weighted by Gasteiger charge is 2.26. The fourth-order valence-corrected chi connectivity index (χ4v) is 3.70. The summed E-state index contributed by atoms with van der Waals surface area (Å²) in [6.07, 6.45) is 7.68. The number of carbonyl (C=O) groups excluding carboxylic acids is 1. The van der Waals surface area contributed by atoms with Crippen LogP contribution in [0.15, 0.2) is 61.1 Å². The lowest BCUT2D eigenvalue weighted by Gasteiger charge is -2.32. The van der Waals surface area contributed by atoms with Crippen LogP contribution in [0.4, 0.5) is 0 Å². The molecule has 0 N–H and O–H groups in total. The van der Waals surface area contributed by atoms with E-state index in [0.29, 0.717) is 23.8 Å². The number of aromatic nitrogens is 3. The zero-order valence-electron chi connectivity index (χ0n) is 15.5. The summed E-state index contributed by atoms with van der Waals surface area (Å²) < 4.78 is 0. The van der Waals surface area contributed by atoms with Crippen molar-refractivity contribution in [3.63, 3.8) is 0 Å². The highest BCUT2D eigenvalue weighted by molar-refractivity contribution is 6.30. The summed E-state index contributed by atoms with van der Waals surface area (Å²) >= 11 is 5.93. The van der Waals surface area contributed by atoms with Crippen LogP contribution in [0.5, 0.6) is 0 Å². The molecule has 0 bridgehead atoms. The molecule has 3 aromatic rings. The number of hydrogen-bond acceptors (Lipinski definition) is 4.